The van der Waals surface area contributed by atoms with Gasteiger partial charge in [0.05, 0.1) is 11.7 Å². The highest BCUT2D eigenvalue weighted by Crippen LogP contribution is 2.40. The normalized spacial score (nSPS) is 15.6. The number of aldehydes is 1. The summed E-state index contributed by atoms with van der Waals surface area (Å²) in [7, 11) is 1.88. The summed E-state index contributed by atoms with van der Waals surface area (Å²) in [6.07, 6.45) is 5.63. The summed E-state index contributed by atoms with van der Waals surface area (Å²) in [5.74, 6) is -0.598. The van der Waals surface area contributed by atoms with Gasteiger partial charge >= 0.3 is 0 Å². The summed E-state index contributed by atoms with van der Waals surface area (Å²) in [5.41, 5.74) is 10.3. The van der Waals surface area contributed by atoms with Crippen LogP contribution in [0.25, 0.3) is 22.8 Å². The first kappa shape index (κ1) is 28.0. The number of aliphatic hydroxyl groups is 1. The first-order chi connectivity index (χ1) is 17.7. The number of aromatic amines is 1. The molecule has 0 saturated heterocycles. The topological polar surface area (TPSA) is 120 Å². The standard InChI is InChI=1S/C21H15FN2O2.C5H13NO.C3H7N/c1-12-8-14(11-25)19(23-12)10-17-20-16(13-4-2-5-15(22)9-13)6-3-7-18(20)24-21(17)26;1-5(7)3-4-6-2;4-3-1-2-3/h2-11,23H,1H3,(H,24,26);5-7H,3-4H2,1-2H3;3H,1-2,4H2/b17-10-;;. The molecule has 7 nitrogen and oxygen atoms in total. The van der Waals surface area contributed by atoms with Crippen molar-refractivity contribution in [2.75, 3.05) is 18.9 Å². The monoisotopic (exact) mass is 506 g/mol. The number of rotatable bonds is 6. The van der Waals surface area contributed by atoms with Gasteiger partial charge in [0.1, 0.15) is 5.82 Å². The van der Waals surface area contributed by atoms with Crippen LogP contribution < -0.4 is 16.4 Å². The number of hydrogen-bond acceptors (Lipinski definition) is 5. The number of anilines is 1. The summed E-state index contributed by atoms with van der Waals surface area (Å²) in [5, 5.41) is 14.4. The quantitative estimate of drug-likeness (QED) is 0.249. The molecule has 196 valence electrons. The lowest BCUT2D eigenvalue weighted by Gasteiger charge is -2.09. The largest absolute Gasteiger partial charge is 0.393 e. The molecule has 3 aromatic rings. The van der Waals surface area contributed by atoms with Crippen molar-refractivity contribution in [1.29, 1.82) is 0 Å². The Labute approximate surface area is 217 Å². The van der Waals surface area contributed by atoms with Crippen molar-refractivity contribution in [3.05, 3.63) is 76.9 Å². The maximum absolute atomic E-state index is 13.7. The van der Waals surface area contributed by atoms with Crippen LogP contribution in [0.1, 0.15) is 53.5 Å². The highest BCUT2D eigenvalue weighted by molar-refractivity contribution is 6.36. The zero-order chi connectivity index (χ0) is 26.9. The molecule has 8 heteroatoms. The van der Waals surface area contributed by atoms with Gasteiger partial charge in [0.15, 0.2) is 6.29 Å². The van der Waals surface area contributed by atoms with Crippen molar-refractivity contribution < 1.29 is 19.1 Å². The van der Waals surface area contributed by atoms with E-state index in [1.165, 1.54) is 25.0 Å². The molecule has 0 bridgehead atoms. The number of carbonyl (C=O) groups is 2. The molecule has 0 radical (unpaired) electrons. The fourth-order valence-corrected chi connectivity index (χ4v) is 3.73. The van der Waals surface area contributed by atoms with Gasteiger partial charge in [-0.05, 0) is 88.2 Å². The van der Waals surface area contributed by atoms with Gasteiger partial charge in [-0.1, -0.05) is 24.3 Å². The molecule has 1 aromatic heterocycles. The fraction of sp³-hybridized carbons (Fsp3) is 0.310. The Morgan fingerprint density at radius 2 is 1.92 bits per heavy atom. The molecule has 2 heterocycles. The first-order valence-corrected chi connectivity index (χ1v) is 12.4. The average Bonchev–Trinajstić information content (AvgIpc) is 3.47. The molecule has 37 heavy (non-hydrogen) atoms. The zero-order valence-corrected chi connectivity index (χ0v) is 21.5. The van der Waals surface area contributed by atoms with Gasteiger partial charge in [0.2, 0.25) is 0 Å². The van der Waals surface area contributed by atoms with Crippen LogP contribution in [0.15, 0.2) is 48.5 Å². The number of halogens is 1. The second-order valence-corrected chi connectivity index (χ2v) is 9.27. The third-order valence-corrected chi connectivity index (χ3v) is 5.83. The number of nitrogens with two attached hydrogens (primary N) is 1. The van der Waals surface area contributed by atoms with Gasteiger partial charge in [-0.15, -0.1) is 0 Å². The van der Waals surface area contributed by atoms with Crippen LogP contribution >= 0.6 is 0 Å². The Morgan fingerprint density at radius 1 is 1.22 bits per heavy atom. The minimum absolute atomic E-state index is 0.160. The van der Waals surface area contributed by atoms with E-state index in [1.807, 2.05) is 26.1 Å². The number of aryl methyl sites for hydroxylation is 1. The smallest absolute Gasteiger partial charge is 0.256 e. The zero-order valence-electron chi connectivity index (χ0n) is 21.5. The molecule has 5 rings (SSSR count). The second-order valence-electron chi connectivity index (χ2n) is 9.27. The predicted octanol–water partition coefficient (Wildman–Crippen LogP) is 4.52. The molecule has 1 amide bonds. The average molecular weight is 507 g/mol. The Kier molecular flexibility index (Phi) is 9.91. The van der Waals surface area contributed by atoms with E-state index in [0.717, 1.165) is 30.5 Å². The highest BCUT2D eigenvalue weighted by Gasteiger charge is 2.27. The Hall–Kier alpha value is -3.59. The van der Waals surface area contributed by atoms with E-state index in [1.54, 1.807) is 37.3 Å². The molecule has 1 saturated carbocycles. The summed E-state index contributed by atoms with van der Waals surface area (Å²) < 4.78 is 13.7. The van der Waals surface area contributed by atoms with Crippen molar-refractivity contribution in [3.8, 4) is 11.1 Å². The van der Waals surface area contributed by atoms with Gasteiger partial charge < -0.3 is 26.5 Å². The highest BCUT2D eigenvalue weighted by atomic mass is 19.1. The molecule has 0 spiro atoms. The number of carbonyl (C=O) groups excluding carboxylic acids is 2. The van der Waals surface area contributed by atoms with E-state index in [2.05, 4.69) is 15.6 Å². The van der Waals surface area contributed by atoms with E-state index in [9.17, 15) is 14.0 Å². The van der Waals surface area contributed by atoms with E-state index in [0.29, 0.717) is 39.7 Å². The minimum Gasteiger partial charge on any atom is -0.393 e. The van der Waals surface area contributed by atoms with Crippen LogP contribution in [0.2, 0.25) is 0 Å². The van der Waals surface area contributed by atoms with E-state index < -0.39 is 0 Å². The van der Waals surface area contributed by atoms with Gasteiger partial charge in [-0.25, -0.2) is 4.39 Å². The van der Waals surface area contributed by atoms with E-state index in [-0.39, 0.29) is 17.8 Å². The Balaban J connectivity index is 0.000000288. The van der Waals surface area contributed by atoms with Crippen LogP contribution in [0.3, 0.4) is 0 Å². The molecule has 2 aromatic carbocycles. The molecule has 1 aliphatic carbocycles. The number of amides is 1. The van der Waals surface area contributed by atoms with Crippen molar-refractivity contribution in [2.24, 2.45) is 5.73 Å². The van der Waals surface area contributed by atoms with Crippen molar-refractivity contribution in [3.63, 3.8) is 0 Å². The lowest BCUT2D eigenvalue weighted by atomic mass is 9.94. The Bertz CT molecular complexity index is 1260. The Morgan fingerprint density at radius 3 is 2.49 bits per heavy atom. The number of benzene rings is 2. The van der Waals surface area contributed by atoms with Crippen LogP contribution in [0.5, 0.6) is 0 Å². The molecule has 1 fully saturated rings. The van der Waals surface area contributed by atoms with Crippen molar-refractivity contribution in [1.82, 2.24) is 10.3 Å². The molecular weight excluding hydrogens is 471 g/mol. The molecule has 1 atom stereocenters. The van der Waals surface area contributed by atoms with Crippen LogP contribution in [-0.2, 0) is 4.79 Å². The van der Waals surface area contributed by atoms with Gasteiger partial charge in [-0.3, -0.25) is 9.59 Å². The summed E-state index contributed by atoms with van der Waals surface area (Å²) >= 11 is 0. The van der Waals surface area contributed by atoms with E-state index in [4.69, 9.17) is 10.8 Å². The molecule has 6 N–H and O–H groups in total. The number of nitrogens with one attached hydrogen (secondary N) is 3. The maximum Gasteiger partial charge on any atom is 0.256 e. The van der Waals surface area contributed by atoms with Crippen molar-refractivity contribution in [2.45, 2.75) is 45.3 Å². The summed E-state index contributed by atoms with van der Waals surface area (Å²) in [6.45, 7) is 4.53. The van der Waals surface area contributed by atoms with Gasteiger partial charge in [0.25, 0.3) is 5.91 Å². The minimum atomic E-state index is -0.342. The van der Waals surface area contributed by atoms with Crippen LogP contribution in [0.4, 0.5) is 10.1 Å². The molecular formula is C29H35FN4O3. The van der Waals surface area contributed by atoms with Crippen molar-refractivity contribution >= 4 is 29.5 Å². The number of aliphatic hydroxyl groups excluding tert-OH is 1. The molecule has 2 aliphatic rings. The lowest BCUT2D eigenvalue weighted by Crippen LogP contribution is -2.13. The lowest BCUT2D eigenvalue weighted by molar-refractivity contribution is -0.110. The first-order valence-electron chi connectivity index (χ1n) is 12.4. The van der Waals surface area contributed by atoms with Gasteiger partial charge in [0, 0.05) is 34.2 Å². The molecule has 1 unspecified atom stereocenters. The van der Waals surface area contributed by atoms with Crippen LogP contribution in [-0.4, -0.2) is 48.0 Å². The summed E-state index contributed by atoms with van der Waals surface area (Å²) in [4.78, 5) is 26.9. The third kappa shape index (κ3) is 7.95. The van der Waals surface area contributed by atoms with E-state index >= 15 is 0 Å². The summed E-state index contributed by atoms with van der Waals surface area (Å²) in [6, 6.07) is 14.0. The SMILES string of the molecule is CNCCC(C)O.Cc1cc(C=O)c(/C=C2\C(=O)Nc3cccc(-c4cccc(F)c4)c32)[nH]1.NC1CC1. The number of fused-ring (bicyclic) bond motifs is 1. The maximum atomic E-state index is 13.7. The molecule has 1 aliphatic heterocycles. The van der Waals surface area contributed by atoms with Gasteiger partial charge in [-0.2, -0.15) is 0 Å². The number of H-pyrrole nitrogens is 1. The number of hydrogen-bond donors (Lipinski definition) is 5. The number of aromatic nitrogens is 1. The van der Waals surface area contributed by atoms with Crippen LogP contribution in [0, 0.1) is 12.7 Å². The fourth-order valence-electron chi connectivity index (χ4n) is 3.73. The predicted molar refractivity (Wildman–Crippen MR) is 147 cm³/mol. The third-order valence-electron chi connectivity index (χ3n) is 5.83. The second kappa shape index (κ2) is 13.1.